The predicted molar refractivity (Wildman–Crippen MR) is 78.0 cm³/mol. The maximum Gasteiger partial charge on any atom is 0.298 e. The molecule has 1 N–H and O–H groups in total. The monoisotopic (exact) mass is 311 g/mol. The van der Waals surface area contributed by atoms with Crippen LogP contribution >= 0.6 is 11.8 Å². The number of hydrogen-bond donors (Lipinski definition) is 1. The summed E-state index contributed by atoms with van der Waals surface area (Å²) in [5.74, 6) is 0.561. The van der Waals surface area contributed by atoms with Crippen LogP contribution in [0.3, 0.4) is 0 Å². The molecule has 1 aliphatic rings. The molecule has 9 heteroatoms. The largest absolute Gasteiger partial charge is 0.393 e. The molecule has 2 unspecified atom stereocenters. The van der Waals surface area contributed by atoms with E-state index in [4.69, 9.17) is 9.84 Å². The van der Waals surface area contributed by atoms with Crippen LogP contribution < -0.4 is 5.56 Å². The van der Waals surface area contributed by atoms with Gasteiger partial charge in [-0.3, -0.25) is 9.48 Å². The highest BCUT2D eigenvalue weighted by Crippen LogP contribution is 2.30. The lowest BCUT2D eigenvalue weighted by atomic mass is 10.2. The van der Waals surface area contributed by atoms with Gasteiger partial charge in [-0.05, 0) is 6.42 Å². The fraction of sp³-hybridized carbons (Fsp3) is 0.667. The second-order valence-corrected chi connectivity index (χ2v) is 6.09. The van der Waals surface area contributed by atoms with Gasteiger partial charge in [0, 0.05) is 12.8 Å². The average molecular weight is 311 g/mol. The van der Waals surface area contributed by atoms with Gasteiger partial charge in [0.25, 0.3) is 5.56 Å². The van der Waals surface area contributed by atoms with Gasteiger partial charge in [0.05, 0.1) is 12.3 Å². The van der Waals surface area contributed by atoms with Crippen LogP contribution in [0.1, 0.15) is 25.3 Å². The van der Waals surface area contributed by atoms with E-state index in [1.165, 1.54) is 16.4 Å². The number of nitrogens with zero attached hydrogens (tertiary/aromatic N) is 5. The maximum atomic E-state index is 12.6. The summed E-state index contributed by atoms with van der Waals surface area (Å²) in [6.45, 7) is 1.96. The minimum Gasteiger partial charge on any atom is -0.393 e. The topological polar surface area (TPSA) is 95.1 Å². The van der Waals surface area contributed by atoms with Crippen molar-refractivity contribution in [2.24, 2.45) is 7.05 Å². The van der Waals surface area contributed by atoms with Crippen molar-refractivity contribution in [1.82, 2.24) is 24.8 Å². The number of ether oxygens (including phenoxy) is 1. The number of thioether (sulfide) groups is 1. The zero-order chi connectivity index (χ0) is 15.0. The van der Waals surface area contributed by atoms with Crippen LogP contribution in [0.2, 0.25) is 0 Å². The molecule has 0 saturated carbocycles. The molecule has 0 aliphatic carbocycles. The molecule has 2 atom stereocenters. The third-order valence-electron chi connectivity index (χ3n) is 3.39. The van der Waals surface area contributed by atoms with Crippen molar-refractivity contribution in [2.45, 2.75) is 31.4 Å². The lowest BCUT2D eigenvalue weighted by molar-refractivity contribution is -0.0143. The lowest BCUT2D eigenvalue weighted by Crippen LogP contribution is -2.31. The summed E-state index contributed by atoms with van der Waals surface area (Å²) < 4.78 is 8.36. The molecule has 3 rings (SSSR count). The standard InChI is InChI=1S/C12H17N5O3S/c1-3-4-7-10-11(16(2)14-7)12(19)17(15-13-10)8-6-21-9(5-18)20-8/h8-9,18H,3-6H2,1-2H3. The Morgan fingerprint density at radius 3 is 3.00 bits per heavy atom. The molecule has 0 bridgehead atoms. The van der Waals surface area contributed by atoms with Crippen molar-refractivity contribution in [2.75, 3.05) is 12.4 Å². The van der Waals surface area contributed by atoms with Crippen LogP contribution in [0.4, 0.5) is 0 Å². The first-order valence-electron chi connectivity index (χ1n) is 6.84. The van der Waals surface area contributed by atoms with E-state index in [-0.39, 0.29) is 17.6 Å². The van der Waals surface area contributed by atoms with Gasteiger partial charge >= 0.3 is 0 Å². The molecule has 1 saturated heterocycles. The minimum absolute atomic E-state index is 0.0854. The zero-order valence-electron chi connectivity index (χ0n) is 11.9. The highest BCUT2D eigenvalue weighted by molar-refractivity contribution is 8.00. The summed E-state index contributed by atoms with van der Waals surface area (Å²) in [6.07, 6.45) is 1.19. The molecule has 114 valence electrons. The van der Waals surface area contributed by atoms with E-state index >= 15 is 0 Å². The van der Waals surface area contributed by atoms with Crippen molar-refractivity contribution >= 4 is 22.8 Å². The van der Waals surface area contributed by atoms with Crippen LogP contribution in [0.15, 0.2) is 4.79 Å². The van der Waals surface area contributed by atoms with Gasteiger partial charge in [0.1, 0.15) is 11.0 Å². The predicted octanol–water partition coefficient (Wildman–Crippen LogP) is 0.0579. The van der Waals surface area contributed by atoms with Crippen LogP contribution in [-0.4, -0.2) is 47.7 Å². The summed E-state index contributed by atoms with van der Waals surface area (Å²) in [4.78, 5) is 12.6. The highest BCUT2D eigenvalue weighted by atomic mass is 32.2. The molecule has 3 heterocycles. The summed E-state index contributed by atoms with van der Waals surface area (Å²) >= 11 is 1.45. The summed E-state index contributed by atoms with van der Waals surface area (Å²) in [6, 6.07) is 0. The molecule has 2 aromatic heterocycles. The van der Waals surface area contributed by atoms with Crippen molar-refractivity contribution < 1.29 is 9.84 Å². The smallest absolute Gasteiger partial charge is 0.298 e. The first-order chi connectivity index (χ1) is 10.2. The number of aromatic nitrogens is 5. The van der Waals surface area contributed by atoms with Crippen LogP contribution in [0.5, 0.6) is 0 Å². The second-order valence-electron chi connectivity index (χ2n) is 4.89. The molecule has 21 heavy (non-hydrogen) atoms. The molecule has 1 aliphatic heterocycles. The van der Waals surface area contributed by atoms with E-state index in [9.17, 15) is 4.79 Å². The Labute approximate surface area is 125 Å². The van der Waals surface area contributed by atoms with E-state index in [0.717, 1.165) is 18.5 Å². The van der Waals surface area contributed by atoms with Gasteiger partial charge < -0.3 is 9.84 Å². The number of aliphatic hydroxyl groups is 1. The molecule has 0 amide bonds. The fourth-order valence-electron chi connectivity index (χ4n) is 2.42. The summed E-state index contributed by atoms with van der Waals surface area (Å²) in [7, 11) is 1.73. The minimum atomic E-state index is -0.499. The first kappa shape index (κ1) is 14.5. The molecule has 8 nitrogen and oxygen atoms in total. The Kier molecular flexibility index (Phi) is 3.96. The molecule has 0 radical (unpaired) electrons. The van der Waals surface area contributed by atoms with Crippen molar-refractivity contribution in [3.63, 3.8) is 0 Å². The van der Waals surface area contributed by atoms with Gasteiger partial charge in [0.15, 0.2) is 11.7 Å². The first-order valence-corrected chi connectivity index (χ1v) is 7.89. The maximum absolute atomic E-state index is 12.6. The van der Waals surface area contributed by atoms with Crippen molar-refractivity contribution in [1.29, 1.82) is 0 Å². The molecular weight excluding hydrogens is 294 g/mol. The number of fused-ring (bicyclic) bond motifs is 1. The fourth-order valence-corrected chi connectivity index (χ4v) is 3.33. The molecule has 2 aromatic rings. The third-order valence-corrected chi connectivity index (χ3v) is 4.50. The third kappa shape index (κ3) is 2.45. The van der Waals surface area contributed by atoms with Crippen LogP contribution in [0, 0.1) is 0 Å². The number of aliphatic hydroxyl groups excluding tert-OH is 1. The second kappa shape index (κ2) is 5.74. The van der Waals surface area contributed by atoms with Gasteiger partial charge in [-0.15, -0.1) is 16.9 Å². The van der Waals surface area contributed by atoms with Crippen LogP contribution in [-0.2, 0) is 18.2 Å². The Hall–Kier alpha value is -1.45. The van der Waals surface area contributed by atoms with Gasteiger partial charge in [-0.1, -0.05) is 18.6 Å². The summed E-state index contributed by atoms with van der Waals surface area (Å²) in [5.41, 5.74) is 1.21. The van der Waals surface area contributed by atoms with E-state index in [1.807, 2.05) is 6.92 Å². The zero-order valence-corrected chi connectivity index (χ0v) is 12.7. The summed E-state index contributed by atoms with van der Waals surface area (Å²) in [5, 5.41) is 21.6. The average Bonchev–Trinajstić information content (AvgIpc) is 3.06. The normalized spacial score (nSPS) is 22.2. The Bertz CT molecular complexity index is 713. The molecule has 0 aromatic carbocycles. The molecule has 1 fully saturated rings. The van der Waals surface area contributed by atoms with Gasteiger partial charge in [-0.25, -0.2) is 0 Å². The van der Waals surface area contributed by atoms with E-state index in [2.05, 4.69) is 15.4 Å². The highest BCUT2D eigenvalue weighted by Gasteiger charge is 2.29. The van der Waals surface area contributed by atoms with Gasteiger partial charge in [0.2, 0.25) is 0 Å². The van der Waals surface area contributed by atoms with Gasteiger partial charge in [-0.2, -0.15) is 9.78 Å². The molecule has 0 spiro atoms. The molecular formula is C12H17N5O3S. The Balaban J connectivity index is 2.05. The van der Waals surface area contributed by atoms with E-state index in [1.54, 1.807) is 11.7 Å². The lowest BCUT2D eigenvalue weighted by Gasteiger charge is -2.11. The Morgan fingerprint density at radius 1 is 1.52 bits per heavy atom. The number of hydrogen-bond acceptors (Lipinski definition) is 7. The number of rotatable bonds is 4. The van der Waals surface area contributed by atoms with E-state index in [0.29, 0.717) is 16.8 Å². The van der Waals surface area contributed by atoms with Crippen LogP contribution in [0.25, 0.3) is 11.0 Å². The van der Waals surface area contributed by atoms with Crippen molar-refractivity contribution in [3.05, 3.63) is 16.0 Å². The number of aryl methyl sites for hydroxylation is 2. The Morgan fingerprint density at radius 2 is 2.33 bits per heavy atom. The van der Waals surface area contributed by atoms with Crippen molar-refractivity contribution in [3.8, 4) is 0 Å². The van der Waals surface area contributed by atoms with E-state index < -0.39 is 6.23 Å². The SMILES string of the molecule is CCCc1nn(C)c2c(=O)n(C3CSC(CO)O3)nnc12. The quantitative estimate of drug-likeness (QED) is 0.853.